The molecule has 1 unspecified atom stereocenters. The van der Waals surface area contributed by atoms with Crippen molar-refractivity contribution >= 4 is 0 Å². The van der Waals surface area contributed by atoms with Crippen LogP contribution < -0.4 is 0 Å². The van der Waals surface area contributed by atoms with Crippen LogP contribution in [0.25, 0.3) is 0 Å². The molecule has 1 aromatic carbocycles. The van der Waals surface area contributed by atoms with Gasteiger partial charge in [0.05, 0.1) is 6.10 Å². The van der Waals surface area contributed by atoms with Gasteiger partial charge in [0.2, 0.25) is 0 Å². The molecule has 0 bridgehead atoms. The van der Waals surface area contributed by atoms with Crippen LogP contribution >= 0.6 is 0 Å². The maximum atomic E-state index is 5.24. The van der Waals surface area contributed by atoms with Crippen LogP contribution in [-0.2, 0) is 11.2 Å². The Kier molecular flexibility index (Phi) is 3.97. The fourth-order valence-electron chi connectivity index (χ4n) is 1.38. The molecule has 0 N–H and O–H groups in total. The van der Waals surface area contributed by atoms with Crippen LogP contribution in [0.5, 0.6) is 0 Å². The van der Waals surface area contributed by atoms with E-state index >= 15 is 0 Å². The predicted octanol–water partition coefficient (Wildman–Crippen LogP) is 3.35. The lowest BCUT2D eigenvalue weighted by Gasteiger charge is -2.09. The van der Waals surface area contributed by atoms with Gasteiger partial charge in [-0.15, -0.1) is 0 Å². The summed E-state index contributed by atoms with van der Waals surface area (Å²) in [6, 6.07) is 8.68. The summed E-state index contributed by atoms with van der Waals surface area (Å²) in [4.78, 5) is 0. The van der Waals surface area contributed by atoms with Crippen molar-refractivity contribution in [2.24, 2.45) is 0 Å². The van der Waals surface area contributed by atoms with Gasteiger partial charge in [-0.2, -0.15) is 0 Å². The van der Waals surface area contributed by atoms with E-state index in [9.17, 15) is 0 Å². The van der Waals surface area contributed by atoms with Crippen LogP contribution in [0.4, 0.5) is 0 Å². The van der Waals surface area contributed by atoms with E-state index in [0.717, 1.165) is 0 Å². The zero-order valence-electron chi connectivity index (χ0n) is 8.71. The second kappa shape index (κ2) is 5.03. The second-order valence-corrected chi connectivity index (χ2v) is 3.37. The number of ether oxygens (including phenoxy) is 1. The molecule has 0 aliphatic heterocycles. The molecule has 1 rings (SSSR count). The lowest BCUT2D eigenvalue weighted by molar-refractivity contribution is 0.119. The smallest absolute Gasteiger partial charge is 0.0793 e. The molecular weight excluding hydrogens is 160 g/mol. The third-order valence-corrected chi connectivity index (χ3v) is 2.34. The van der Waals surface area contributed by atoms with Crippen LogP contribution in [0.2, 0.25) is 0 Å². The standard InChI is InChI=1S/C12H18O/c1-4-5-11-6-8-12(9-7-11)10(2)13-3/h6-10H,4-5H2,1-3H3. The summed E-state index contributed by atoms with van der Waals surface area (Å²) in [5.74, 6) is 0. The largest absolute Gasteiger partial charge is 0.377 e. The third kappa shape index (κ3) is 2.85. The van der Waals surface area contributed by atoms with Crippen molar-refractivity contribution in [3.05, 3.63) is 35.4 Å². The summed E-state index contributed by atoms with van der Waals surface area (Å²) < 4.78 is 5.24. The van der Waals surface area contributed by atoms with Crippen LogP contribution in [0.15, 0.2) is 24.3 Å². The minimum atomic E-state index is 0.204. The Morgan fingerprint density at radius 3 is 2.31 bits per heavy atom. The van der Waals surface area contributed by atoms with E-state index < -0.39 is 0 Å². The molecule has 1 heteroatoms. The fourth-order valence-corrected chi connectivity index (χ4v) is 1.38. The van der Waals surface area contributed by atoms with Gasteiger partial charge >= 0.3 is 0 Å². The topological polar surface area (TPSA) is 9.23 Å². The zero-order chi connectivity index (χ0) is 9.68. The van der Waals surface area contributed by atoms with Crippen LogP contribution in [-0.4, -0.2) is 7.11 Å². The highest BCUT2D eigenvalue weighted by Gasteiger charge is 2.01. The first-order valence-corrected chi connectivity index (χ1v) is 4.89. The van der Waals surface area contributed by atoms with Crippen molar-refractivity contribution in [1.29, 1.82) is 0 Å². The molecule has 0 aliphatic carbocycles. The Labute approximate surface area is 80.7 Å². The van der Waals surface area contributed by atoms with E-state index in [-0.39, 0.29) is 6.10 Å². The molecule has 0 radical (unpaired) electrons. The minimum absolute atomic E-state index is 0.204. The molecule has 1 nitrogen and oxygen atoms in total. The number of methoxy groups -OCH3 is 1. The Morgan fingerprint density at radius 2 is 1.85 bits per heavy atom. The highest BCUT2D eigenvalue weighted by Crippen LogP contribution is 2.16. The molecule has 0 aliphatic rings. The van der Waals surface area contributed by atoms with E-state index in [1.165, 1.54) is 24.0 Å². The lowest BCUT2D eigenvalue weighted by Crippen LogP contribution is -1.95. The third-order valence-electron chi connectivity index (χ3n) is 2.34. The molecular formula is C12H18O. The van der Waals surface area contributed by atoms with E-state index in [1.54, 1.807) is 7.11 Å². The molecule has 0 heterocycles. The van der Waals surface area contributed by atoms with Crippen molar-refractivity contribution < 1.29 is 4.74 Å². The number of hydrogen-bond donors (Lipinski definition) is 0. The summed E-state index contributed by atoms with van der Waals surface area (Å²) in [5.41, 5.74) is 2.66. The molecule has 0 fully saturated rings. The summed E-state index contributed by atoms with van der Waals surface area (Å²) in [7, 11) is 1.74. The van der Waals surface area contributed by atoms with Crippen molar-refractivity contribution in [3.8, 4) is 0 Å². The Hall–Kier alpha value is -0.820. The molecule has 0 saturated heterocycles. The van der Waals surface area contributed by atoms with Crippen LogP contribution in [0.1, 0.15) is 37.5 Å². The molecule has 13 heavy (non-hydrogen) atoms. The lowest BCUT2D eigenvalue weighted by atomic mass is 10.1. The molecule has 0 aromatic heterocycles. The molecule has 1 aromatic rings. The van der Waals surface area contributed by atoms with Crippen molar-refractivity contribution in [2.75, 3.05) is 7.11 Å². The number of aryl methyl sites for hydroxylation is 1. The van der Waals surface area contributed by atoms with E-state index in [1.807, 2.05) is 0 Å². The summed E-state index contributed by atoms with van der Waals surface area (Å²) >= 11 is 0. The van der Waals surface area contributed by atoms with Crippen molar-refractivity contribution in [1.82, 2.24) is 0 Å². The first-order valence-electron chi connectivity index (χ1n) is 4.89. The van der Waals surface area contributed by atoms with E-state index in [4.69, 9.17) is 4.74 Å². The predicted molar refractivity (Wildman–Crippen MR) is 55.9 cm³/mol. The van der Waals surface area contributed by atoms with Gasteiger partial charge in [0.25, 0.3) is 0 Å². The molecule has 72 valence electrons. The summed E-state index contributed by atoms with van der Waals surface area (Å²) in [6.07, 6.45) is 2.58. The van der Waals surface area contributed by atoms with Crippen LogP contribution in [0.3, 0.4) is 0 Å². The zero-order valence-corrected chi connectivity index (χ0v) is 8.71. The Balaban J connectivity index is 2.69. The fraction of sp³-hybridized carbons (Fsp3) is 0.500. The average Bonchev–Trinajstić information content (AvgIpc) is 2.18. The van der Waals surface area contributed by atoms with Gasteiger partial charge in [0.1, 0.15) is 0 Å². The maximum Gasteiger partial charge on any atom is 0.0793 e. The van der Waals surface area contributed by atoms with Gasteiger partial charge in [-0.25, -0.2) is 0 Å². The van der Waals surface area contributed by atoms with Gasteiger partial charge in [-0.3, -0.25) is 0 Å². The summed E-state index contributed by atoms with van der Waals surface area (Å²) in [6.45, 7) is 4.26. The molecule has 0 amide bonds. The van der Waals surface area contributed by atoms with Gasteiger partial charge in [-0.05, 0) is 24.5 Å². The monoisotopic (exact) mass is 178 g/mol. The Morgan fingerprint density at radius 1 is 1.23 bits per heavy atom. The number of benzene rings is 1. The van der Waals surface area contributed by atoms with E-state index in [2.05, 4.69) is 38.1 Å². The normalized spacial score (nSPS) is 12.8. The highest BCUT2D eigenvalue weighted by atomic mass is 16.5. The SMILES string of the molecule is CCCc1ccc(C(C)OC)cc1. The van der Waals surface area contributed by atoms with Gasteiger partial charge in [0, 0.05) is 7.11 Å². The quantitative estimate of drug-likeness (QED) is 0.687. The molecule has 0 saturated carbocycles. The van der Waals surface area contributed by atoms with Crippen LogP contribution in [0, 0.1) is 0 Å². The summed E-state index contributed by atoms with van der Waals surface area (Å²) in [5, 5.41) is 0. The van der Waals surface area contributed by atoms with Gasteiger partial charge in [0.15, 0.2) is 0 Å². The highest BCUT2D eigenvalue weighted by molar-refractivity contribution is 5.23. The van der Waals surface area contributed by atoms with Gasteiger partial charge in [-0.1, -0.05) is 37.6 Å². The first kappa shape index (κ1) is 10.3. The number of rotatable bonds is 4. The van der Waals surface area contributed by atoms with E-state index in [0.29, 0.717) is 0 Å². The van der Waals surface area contributed by atoms with Gasteiger partial charge < -0.3 is 4.74 Å². The number of hydrogen-bond acceptors (Lipinski definition) is 1. The average molecular weight is 178 g/mol. The second-order valence-electron chi connectivity index (χ2n) is 3.37. The minimum Gasteiger partial charge on any atom is -0.377 e. The first-order chi connectivity index (χ1) is 6.27. The van der Waals surface area contributed by atoms with Crippen molar-refractivity contribution in [3.63, 3.8) is 0 Å². The Bertz CT molecular complexity index is 238. The van der Waals surface area contributed by atoms with Crippen molar-refractivity contribution in [2.45, 2.75) is 32.8 Å². The molecule has 0 spiro atoms. The molecule has 1 atom stereocenters. The maximum absolute atomic E-state index is 5.24.